The lowest BCUT2D eigenvalue weighted by atomic mass is 9.59. The molecule has 0 spiro atoms. The second-order valence-corrected chi connectivity index (χ2v) is 6.89. The number of allylic oxidation sites excluding steroid dienone is 2. The van der Waals surface area contributed by atoms with Crippen LogP contribution < -0.4 is 4.74 Å². The number of rotatable bonds is 4. The van der Waals surface area contributed by atoms with E-state index >= 15 is 0 Å². The standard InChI is InChI=1S/C20H24O4/c1-4-24-19(22)18-17-7-5-13-11-14(23-3)6-8-15(13)16(17)9-10-20(18,2)12-21/h6,8-9,11-12,17-18H,4-5,7,10H2,1-3H3/t17-,18-,20-/m1/s1. The van der Waals surface area contributed by atoms with Crippen LogP contribution in [0.25, 0.3) is 5.57 Å². The highest BCUT2D eigenvalue weighted by Crippen LogP contribution is 2.51. The monoisotopic (exact) mass is 328 g/mol. The molecule has 128 valence electrons. The van der Waals surface area contributed by atoms with Gasteiger partial charge >= 0.3 is 5.97 Å². The summed E-state index contributed by atoms with van der Waals surface area (Å²) < 4.78 is 10.6. The number of aryl methyl sites for hydroxylation is 1. The lowest BCUT2D eigenvalue weighted by Crippen LogP contribution is -2.44. The molecule has 2 aliphatic carbocycles. The highest BCUT2D eigenvalue weighted by Gasteiger charge is 2.49. The largest absolute Gasteiger partial charge is 0.497 e. The number of fused-ring (bicyclic) bond motifs is 3. The molecule has 0 radical (unpaired) electrons. The van der Waals surface area contributed by atoms with Crippen LogP contribution in [0.1, 0.15) is 37.8 Å². The molecule has 0 unspecified atom stereocenters. The van der Waals surface area contributed by atoms with Crippen molar-refractivity contribution in [3.8, 4) is 5.75 Å². The number of methoxy groups -OCH3 is 1. The Morgan fingerprint density at radius 2 is 2.21 bits per heavy atom. The van der Waals surface area contributed by atoms with Crippen molar-refractivity contribution in [2.24, 2.45) is 17.3 Å². The second-order valence-electron chi connectivity index (χ2n) is 6.89. The van der Waals surface area contributed by atoms with Gasteiger partial charge < -0.3 is 14.3 Å². The van der Waals surface area contributed by atoms with E-state index in [1.807, 2.05) is 13.0 Å². The first-order chi connectivity index (χ1) is 11.5. The molecule has 0 bridgehead atoms. The van der Waals surface area contributed by atoms with Crippen LogP contribution in [-0.2, 0) is 20.7 Å². The third kappa shape index (κ3) is 2.64. The number of benzene rings is 1. The molecule has 3 atom stereocenters. The Kier molecular flexibility index (Phi) is 4.48. The fraction of sp³-hybridized carbons (Fsp3) is 0.500. The lowest BCUT2D eigenvalue weighted by Gasteiger charge is -2.43. The average Bonchev–Trinajstić information content (AvgIpc) is 2.60. The Balaban J connectivity index is 2.04. The molecule has 0 N–H and O–H groups in total. The number of carbonyl (C=O) groups is 2. The first-order valence-electron chi connectivity index (χ1n) is 8.54. The minimum Gasteiger partial charge on any atom is -0.497 e. The maximum absolute atomic E-state index is 12.6. The molecule has 1 aromatic carbocycles. The van der Waals surface area contributed by atoms with E-state index in [0.29, 0.717) is 13.0 Å². The van der Waals surface area contributed by atoms with Gasteiger partial charge in [-0.15, -0.1) is 0 Å². The molecule has 3 rings (SSSR count). The molecule has 4 nitrogen and oxygen atoms in total. The Hall–Kier alpha value is -2.10. The van der Waals surface area contributed by atoms with E-state index in [-0.39, 0.29) is 11.9 Å². The first-order valence-corrected chi connectivity index (χ1v) is 8.54. The van der Waals surface area contributed by atoms with Crippen molar-refractivity contribution < 1.29 is 19.1 Å². The molecule has 0 heterocycles. The third-order valence-corrected chi connectivity index (χ3v) is 5.43. The van der Waals surface area contributed by atoms with Crippen LogP contribution in [-0.4, -0.2) is 26.0 Å². The van der Waals surface area contributed by atoms with Crippen LogP contribution in [0.2, 0.25) is 0 Å². The van der Waals surface area contributed by atoms with Crippen molar-refractivity contribution in [2.75, 3.05) is 13.7 Å². The van der Waals surface area contributed by atoms with Gasteiger partial charge in [-0.25, -0.2) is 0 Å². The van der Waals surface area contributed by atoms with Gasteiger partial charge in [0.05, 0.1) is 19.6 Å². The number of aldehydes is 1. The summed E-state index contributed by atoms with van der Waals surface area (Å²) in [5, 5.41) is 0. The number of ether oxygens (including phenoxy) is 2. The van der Waals surface area contributed by atoms with Crippen molar-refractivity contribution >= 4 is 17.8 Å². The smallest absolute Gasteiger partial charge is 0.310 e. The van der Waals surface area contributed by atoms with Gasteiger partial charge in [0.25, 0.3) is 0 Å². The van der Waals surface area contributed by atoms with Gasteiger partial charge in [0.15, 0.2) is 0 Å². The summed E-state index contributed by atoms with van der Waals surface area (Å²) in [7, 11) is 1.67. The van der Waals surface area contributed by atoms with Crippen molar-refractivity contribution in [3.63, 3.8) is 0 Å². The maximum Gasteiger partial charge on any atom is 0.310 e. The zero-order valence-electron chi connectivity index (χ0n) is 14.5. The van der Waals surface area contributed by atoms with E-state index in [0.717, 1.165) is 24.9 Å². The molecule has 2 aliphatic rings. The molecule has 24 heavy (non-hydrogen) atoms. The van der Waals surface area contributed by atoms with Crippen LogP contribution in [0.4, 0.5) is 0 Å². The van der Waals surface area contributed by atoms with E-state index in [4.69, 9.17) is 9.47 Å². The predicted molar refractivity (Wildman–Crippen MR) is 91.7 cm³/mol. The molecule has 0 saturated carbocycles. The van der Waals surface area contributed by atoms with Crippen LogP contribution in [0.15, 0.2) is 24.3 Å². The summed E-state index contributed by atoms with van der Waals surface area (Å²) in [6.07, 6.45) is 5.36. The molecule has 1 aromatic rings. The van der Waals surface area contributed by atoms with Crippen molar-refractivity contribution in [1.82, 2.24) is 0 Å². The predicted octanol–water partition coefficient (Wildman–Crippen LogP) is 3.43. The van der Waals surface area contributed by atoms with E-state index in [9.17, 15) is 9.59 Å². The molecular formula is C20H24O4. The Labute approximate surface area is 142 Å². The third-order valence-electron chi connectivity index (χ3n) is 5.43. The van der Waals surface area contributed by atoms with Crippen LogP contribution >= 0.6 is 0 Å². The lowest BCUT2D eigenvalue weighted by molar-refractivity contribution is -0.156. The summed E-state index contributed by atoms with van der Waals surface area (Å²) >= 11 is 0. The fourth-order valence-corrected chi connectivity index (χ4v) is 4.16. The van der Waals surface area contributed by atoms with Crippen LogP contribution in [0.3, 0.4) is 0 Å². The zero-order chi connectivity index (χ0) is 17.3. The molecule has 0 amide bonds. The normalized spacial score (nSPS) is 28.2. The summed E-state index contributed by atoms with van der Waals surface area (Å²) in [5.74, 6) is 0.224. The van der Waals surface area contributed by atoms with Gasteiger partial charge in [0.2, 0.25) is 0 Å². The zero-order valence-corrected chi connectivity index (χ0v) is 14.5. The molecule has 0 aliphatic heterocycles. The van der Waals surface area contributed by atoms with Gasteiger partial charge in [0.1, 0.15) is 12.0 Å². The van der Waals surface area contributed by atoms with Crippen molar-refractivity contribution in [2.45, 2.75) is 33.1 Å². The van der Waals surface area contributed by atoms with Gasteiger partial charge in [-0.05, 0) is 60.9 Å². The van der Waals surface area contributed by atoms with Gasteiger partial charge in [-0.3, -0.25) is 4.79 Å². The van der Waals surface area contributed by atoms with Crippen LogP contribution in [0, 0.1) is 17.3 Å². The molecular weight excluding hydrogens is 304 g/mol. The van der Waals surface area contributed by atoms with Gasteiger partial charge in [-0.1, -0.05) is 19.1 Å². The Bertz CT molecular complexity index is 691. The van der Waals surface area contributed by atoms with Gasteiger partial charge in [0, 0.05) is 5.41 Å². The number of esters is 1. The summed E-state index contributed by atoms with van der Waals surface area (Å²) in [5.41, 5.74) is 2.91. The Morgan fingerprint density at radius 3 is 2.88 bits per heavy atom. The molecule has 0 saturated heterocycles. The summed E-state index contributed by atoms with van der Waals surface area (Å²) in [6.45, 7) is 4.01. The van der Waals surface area contributed by atoms with Crippen molar-refractivity contribution in [3.05, 3.63) is 35.4 Å². The highest BCUT2D eigenvalue weighted by molar-refractivity contribution is 5.86. The topological polar surface area (TPSA) is 52.6 Å². The SMILES string of the molecule is CCOC(=O)[C@H]1[C@@H]2CCc3cc(OC)ccc3C2=CC[C@]1(C)C=O. The summed E-state index contributed by atoms with van der Waals surface area (Å²) in [6, 6.07) is 6.09. The number of hydrogen-bond donors (Lipinski definition) is 0. The van der Waals surface area contributed by atoms with Crippen molar-refractivity contribution in [1.29, 1.82) is 0 Å². The molecule has 0 fully saturated rings. The number of carbonyl (C=O) groups excluding carboxylic acids is 2. The van der Waals surface area contributed by atoms with E-state index in [1.54, 1.807) is 14.0 Å². The highest BCUT2D eigenvalue weighted by atomic mass is 16.5. The van der Waals surface area contributed by atoms with E-state index in [1.165, 1.54) is 16.7 Å². The molecule has 0 aromatic heterocycles. The molecule has 4 heteroatoms. The second kappa shape index (κ2) is 6.42. The van der Waals surface area contributed by atoms with E-state index < -0.39 is 11.3 Å². The quantitative estimate of drug-likeness (QED) is 0.628. The minimum absolute atomic E-state index is 0.0360. The fourth-order valence-electron chi connectivity index (χ4n) is 4.16. The first kappa shape index (κ1) is 16.7. The number of hydrogen-bond acceptors (Lipinski definition) is 4. The minimum atomic E-state index is -0.690. The summed E-state index contributed by atoms with van der Waals surface area (Å²) in [4.78, 5) is 24.4. The average molecular weight is 328 g/mol. The Morgan fingerprint density at radius 1 is 1.42 bits per heavy atom. The van der Waals surface area contributed by atoms with Gasteiger partial charge in [-0.2, -0.15) is 0 Å². The van der Waals surface area contributed by atoms with E-state index in [2.05, 4.69) is 18.2 Å². The van der Waals surface area contributed by atoms with Crippen LogP contribution in [0.5, 0.6) is 5.75 Å². The maximum atomic E-state index is 12.6.